The summed E-state index contributed by atoms with van der Waals surface area (Å²) in [4.78, 5) is 25.3. The molecule has 0 radical (unpaired) electrons. The zero-order valence-corrected chi connectivity index (χ0v) is 14.1. The molecule has 3 aromatic rings. The first kappa shape index (κ1) is 18.6. The molecule has 0 atom stereocenters. The summed E-state index contributed by atoms with van der Waals surface area (Å²) in [7, 11) is 0. The van der Waals surface area contributed by atoms with Gasteiger partial charge < -0.3 is 30.6 Å². The van der Waals surface area contributed by atoms with E-state index in [-0.39, 0.29) is 11.1 Å². The molecule has 0 unspecified atom stereocenters. The molecule has 0 heterocycles. The SMILES string of the molecule is O=C(c1cccc(C(=O)c2c(O)cc(O)cc2O)c1)c1c(O)cc(O)cc1O. The minimum absolute atomic E-state index is 0.0695. The van der Waals surface area contributed by atoms with Crippen LogP contribution in [0, 0.1) is 0 Å². The molecule has 0 saturated heterocycles. The van der Waals surface area contributed by atoms with Crippen molar-refractivity contribution in [3.63, 3.8) is 0 Å². The molecule has 0 aliphatic carbocycles. The molecular weight excluding hydrogens is 368 g/mol. The normalized spacial score (nSPS) is 10.6. The van der Waals surface area contributed by atoms with E-state index in [0.29, 0.717) is 0 Å². The zero-order chi connectivity index (χ0) is 20.6. The molecule has 0 aliphatic heterocycles. The van der Waals surface area contributed by atoms with Crippen molar-refractivity contribution in [2.45, 2.75) is 0 Å². The number of carbonyl (C=O) groups is 2. The predicted molar refractivity (Wildman–Crippen MR) is 96.2 cm³/mol. The average Bonchev–Trinajstić information content (AvgIpc) is 2.60. The van der Waals surface area contributed by atoms with E-state index in [0.717, 1.165) is 30.3 Å². The monoisotopic (exact) mass is 382 g/mol. The number of aromatic hydroxyl groups is 6. The van der Waals surface area contributed by atoms with Gasteiger partial charge in [0.15, 0.2) is 0 Å². The lowest BCUT2D eigenvalue weighted by atomic mass is 9.96. The van der Waals surface area contributed by atoms with E-state index in [1.54, 1.807) is 0 Å². The Morgan fingerprint density at radius 1 is 0.536 bits per heavy atom. The number of hydrogen-bond donors (Lipinski definition) is 6. The number of phenols is 6. The first-order valence-electron chi connectivity index (χ1n) is 7.88. The molecule has 8 heteroatoms. The van der Waals surface area contributed by atoms with Crippen LogP contribution in [0.15, 0.2) is 48.5 Å². The van der Waals surface area contributed by atoms with Gasteiger partial charge in [-0.3, -0.25) is 9.59 Å². The Hall–Kier alpha value is -4.20. The Kier molecular flexibility index (Phi) is 4.54. The highest BCUT2D eigenvalue weighted by atomic mass is 16.3. The maximum absolute atomic E-state index is 12.6. The van der Waals surface area contributed by atoms with Crippen LogP contribution < -0.4 is 0 Å². The summed E-state index contributed by atoms with van der Waals surface area (Å²) >= 11 is 0. The highest BCUT2D eigenvalue weighted by Crippen LogP contribution is 2.35. The molecule has 0 aliphatic rings. The van der Waals surface area contributed by atoms with Gasteiger partial charge in [0.1, 0.15) is 45.6 Å². The maximum Gasteiger partial charge on any atom is 0.200 e. The molecular formula is C20H14O8. The highest BCUT2D eigenvalue weighted by Gasteiger charge is 2.23. The number of rotatable bonds is 4. The van der Waals surface area contributed by atoms with Gasteiger partial charge in [0.25, 0.3) is 0 Å². The van der Waals surface area contributed by atoms with Gasteiger partial charge in [-0.2, -0.15) is 0 Å². The van der Waals surface area contributed by atoms with Crippen molar-refractivity contribution in [1.82, 2.24) is 0 Å². The van der Waals surface area contributed by atoms with Crippen LogP contribution in [-0.4, -0.2) is 42.2 Å². The van der Waals surface area contributed by atoms with Gasteiger partial charge in [0, 0.05) is 35.4 Å². The molecule has 6 N–H and O–H groups in total. The van der Waals surface area contributed by atoms with E-state index in [9.17, 15) is 40.2 Å². The lowest BCUT2D eigenvalue weighted by Crippen LogP contribution is -2.07. The number of phenolic OH excluding ortho intramolecular Hbond substituents is 6. The quantitative estimate of drug-likeness (QED) is 0.376. The molecule has 28 heavy (non-hydrogen) atoms. The van der Waals surface area contributed by atoms with Crippen LogP contribution in [0.1, 0.15) is 31.8 Å². The van der Waals surface area contributed by atoms with Crippen LogP contribution in [0.2, 0.25) is 0 Å². The summed E-state index contributed by atoms with van der Waals surface area (Å²) in [6.07, 6.45) is 0. The Morgan fingerprint density at radius 3 is 1.18 bits per heavy atom. The van der Waals surface area contributed by atoms with Crippen LogP contribution >= 0.6 is 0 Å². The summed E-state index contributed by atoms with van der Waals surface area (Å²) in [6, 6.07) is 8.72. The largest absolute Gasteiger partial charge is 0.508 e. The third-order valence-corrected chi connectivity index (χ3v) is 4.00. The fourth-order valence-corrected chi connectivity index (χ4v) is 2.75. The molecule has 8 nitrogen and oxygen atoms in total. The highest BCUT2D eigenvalue weighted by molar-refractivity contribution is 6.16. The van der Waals surface area contributed by atoms with E-state index < -0.39 is 57.2 Å². The zero-order valence-electron chi connectivity index (χ0n) is 14.1. The summed E-state index contributed by atoms with van der Waals surface area (Å²) in [6.45, 7) is 0. The van der Waals surface area contributed by atoms with Crippen molar-refractivity contribution >= 4 is 11.6 Å². The van der Waals surface area contributed by atoms with Gasteiger partial charge >= 0.3 is 0 Å². The van der Waals surface area contributed by atoms with Crippen LogP contribution in [0.3, 0.4) is 0 Å². The van der Waals surface area contributed by atoms with E-state index >= 15 is 0 Å². The van der Waals surface area contributed by atoms with Crippen molar-refractivity contribution < 1.29 is 40.2 Å². The Morgan fingerprint density at radius 2 is 0.857 bits per heavy atom. The second kappa shape index (κ2) is 6.84. The number of hydrogen-bond acceptors (Lipinski definition) is 8. The number of benzene rings is 3. The maximum atomic E-state index is 12.6. The summed E-state index contributed by atoms with van der Waals surface area (Å²) in [5.41, 5.74) is -1.06. The third kappa shape index (κ3) is 3.26. The van der Waals surface area contributed by atoms with Crippen LogP contribution in [-0.2, 0) is 0 Å². The fraction of sp³-hybridized carbons (Fsp3) is 0. The predicted octanol–water partition coefficient (Wildman–Crippen LogP) is 2.38. The van der Waals surface area contributed by atoms with Crippen molar-refractivity contribution in [2.24, 2.45) is 0 Å². The molecule has 3 aromatic carbocycles. The smallest absolute Gasteiger partial charge is 0.200 e. The average molecular weight is 382 g/mol. The summed E-state index contributed by atoms with van der Waals surface area (Å²) < 4.78 is 0. The van der Waals surface area contributed by atoms with Crippen molar-refractivity contribution in [2.75, 3.05) is 0 Å². The molecule has 0 aromatic heterocycles. The number of carbonyl (C=O) groups excluding carboxylic acids is 2. The molecule has 0 spiro atoms. The van der Waals surface area contributed by atoms with Crippen LogP contribution in [0.5, 0.6) is 34.5 Å². The minimum Gasteiger partial charge on any atom is -0.508 e. The molecule has 3 rings (SSSR count). The standard InChI is InChI=1S/C20H14O8/c21-11-5-13(23)17(14(24)6-11)19(27)9-2-1-3-10(4-9)20(28)18-15(25)7-12(22)8-16(18)26/h1-8,21-26H. The van der Waals surface area contributed by atoms with Gasteiger partial charge in [-0.1, -0.05) is 18.2 Å². The van der Waals surface area contributed by atoms with E-state index in [1.165, 1.54) is 18.2 Å². The first-order chi connectivity index (χ1) is 13.2. The van der Waals surface area contributed by atoms with Gasteiger partial charge in [0.2, 0.25) is 11.6 Å². The molecule has 0 fully saturated rings. The van der Waals surface area contributed by atoms with Gasteiger partial charge in [-0.25, -0.2) is 0 Å². The van der Waals surface area contributed by atoms with E-state index in [4.69, 9.17) is 0 Å². The van der Waals surface area contributed by atoms with Crippen LogP contribution in [0.25, 0.3) is 0 Å². The lowest BCUT2D eigenvalue weighted by Gasteiger charge is -2.10. The third-order valence-electron chi connectivity index (χ3n) is 4.00. The Balaban J connectivity index is 2.04. The Bertz CT molecular complexity index is 986. The Labute approximate surface area is 157 Å². The van der Waals surface area contributed by atoms with Crippen LogP contribution in [0.4, 0.5) is 0 Å². The number of ketones is 2. The van der Waals surface area contributed by atoms with Crippen molar-refractivity contribution in [3.05, 3.63) is 70.8 Å². The summed E-state index contributed by atoms with van der Waals surface area (Å²) in [5.74, 6) is -5.09. The summed E-state index contributed by atoms with van der Waals surface area (Å²) in [5, 5.41) is 58.1. The molecule has 142 valence electrons. The van der Waals surface area contributed by atoms with E-state index in [1.807, 2.05) is 0 Å². The lowest BCUT2D eigenvalue weighted by molar-refractivity contribution is 0.103. The van der Waals surface area contributed by atoms with Gasteiger partial charge in [0.05, 0.1) is 0 Å². The van der Waals surface area contributed by atoms with Crippen molar-refractivity contribution in [1.29, 1.82) is 0 Å². The second-order valence-electron chi connectivity index (χ2n) is 5.96. The first-order valence-corrected chi connectivity index (χ1v) is 7.88. The molecule has 0 amide bonds. The van der Waals surface area contributed by atoms with E-state index in [2.05, 4.69) is 0 Å². The van der Waals surface area contributed by atoms with Crippen molar-refractivity contribution in [3.8, 4) is 34.5 Å². The minimum atomic E-state index is -0.816. The second-order valence-corrected chi connectivity index (χ2v) is 5.96. The fourth-order valence-electron chi connectivity index (χ4n) is 2.75. The molecule has 0 bridgehead atoms. The topological polar surface area (TPSA) is 156 Å². The van der Waals surface area contributed by atoms with Gasteiger partial charge in [-0.15, -0.1) is 0 Å². The molecule has 0 saturated carbocycles. The van der Waals surface area contributed by atoms with Gasteiger partial charge in [-0.05, 0) is 6.07 Å².